The lowest BCUT2D eigenvalue weighted by atomic mass is 10.1. The van der Waals surface area contributed by atoms with E-state index < -0.39 is 5.92 Å². The van der Waals surface area contributed by atoms with Crippen LogP contribution in [0, 0.1) is 12.8 Å². The normalized spacial score (nSPS) is 17.6. The summed E-state index contributed by atoms with van der Waals surface area (Å²) in [5.41, 5.74) is 1.86. The first-order chi connectivity index (χ1) is 11.1. The Morgan fingerprint density at radius 3 is 2.96 bits per heavy atom. The molecule has 0 aliphatic carbocycles. The van der Waals surface area contributed by atoms with Gasteiger partial charge in [-0.25, -0.2) is 0 Å². The first kappa shape index (κ1) is 15.8. The minimum atomic E-state index is -0.631. The fraction of sp³-hybridized carbons (Fsp3) is 0.294. The van der Waals surface area contributed by atoms with E-state index in [1.807, 2.05) is 25.1 Å². The summed E-state index contributed by atoms with van der Waals surface area (Å²) in [6.45, 7) is 2.81. The number of halogens is 1. The number of aryl methyl sites for hydroxylation is 1. The number of rotatable bonds is 4. The summed E-state index contributed by atoms with van der Waals surface area (Å²) in [6.07, 6.45) is 2.08. The molecule has 0 spiro atoms. The molecule has 23 heavy (non-hydrogen) atoms. The molecule has 1 aromatic heterocycles. The number of anilines is 1. The van der Waals surface area contributed by atoms with Crippen molar-refractivity contribution in [2.75, 3.05) is 11.4 Å². The fourth-order valence-corrected chi connectivity index (χ4v) is 3.27. The van der Waals surface area contributed by atoms with E-state index in [2.05, 4.69) is 21.2 Å². The highest BCUT2D eigenvalue weighted by Gasteiger charge is 2.37. The summed E-state index contributed by atoms with van der Waals surface area (Å²) >= 11 is 3.42. The Morgan fingerprint density at radius 1 is 1.43 bits per heavy atom. The van der Waals surface area contributed by atoms with Gasteiger partial charge >= 0.3 is 0 Å². The van der Waals surface area contributed by atoms with Gasteiger partial charge in [-0.15, -0.1) is 0 Å². The topological polar surface area (TPSA) is 62.6 Å². The SMILES string of the molecule is Cc1cc(Br)ccc1N1CCC(C(=O)NCc2ccco2)C1=O. The maximum atomic E-state index is 12.6. The number of furan rings is 1. The maximum absolute atomic E-state index is 12.6. The Balaban J connectivity index is 1.67. The van der Waals surface area contributed by atoms with Crippen LogP contribution in [0.2, 0.25) is 0 Å². The number of hydrogen-bond acceptors (Lipinski definition) is 3. The van der Waals surface area contributed by atoms with Crippen LogP contribution in [0.5, 0.6) is 0 Å². The molecule has 0 bridgehead atoms. The quantitative estimate of drug-likeness (QED) is 0.834. The molecule has 120 valence electrons. The van der Waals surface area contributed by atoms with Gasteiger partial charge < -0.3 is 14.6 Å². The standard InChI is InChI=1S/C17H17BrN2O3/c1-11-9-12(18)4-5-15(11)20-7-6-14(17(20)22)16(21)19-10-13-3-2-8-23-13/h2-5,8-9,14H,6-7,10H2,1H3,(H,19,21). The zero-order chi connectivity index (χ0) is 16.4. The van der Waals surface area contributed by atoms with Crippen LogP contribution in [-0.4, -0.2) is 18.4 Å². The lowest BCUT2D eigenvalue weighted by Crippen LogP contribution is -2.36. The van der Waals surface area contributed by atoms with Crippen LogP contribution in [0.1, 0.15) is 17.7 Å². The number of carbonyl (C=O) groups is 2. The molecule has 1 unspecified atom stereocenters. The van der Waals surface area contributed by atoms with Crippen molar-refractivity contribution >= 4 is 33.4 Å². The summed E-state index contributed by atoms with van der Waals surface area (Å²) in [6, 6.07) is 9.32. The zero-order valence-corrected chi connectivity index (χ0v) is 14.3. The lowest BCUT2D eigenvalue weighted by Gasteiger charge is -2.19. The van der Waals surface area contributed by atoms with Crippen molar-refractivity contribution in [2.24, 2.45) is 5.92 Å². The van der Waals surface area contributed by atoms with Gasteiger partial charge in [-0.1, -0.05) is 15.9 Å². The molecular weight excluding hydrogens is 360 g/mol. The zero-order valence-electron chi connectivity index (χ0n) is 12.7. The average Bonchev–Trinajstić information content (AvgIpc) is 3.15. The van der Waals surface area contributed by atoms with Gasteiger partial charge in [-0.3, -0.25) is 9.59 Å². The van der Waals surface area contributed by atoms with Gasteiger partial charge in [0, 0.05) is 16.7 Å². The second-order valence-corrected chi connectivity index (χ2v) is 6.47. The van der Waals surface area contributed by atoms with Crippen LogP contribution < -0.4 is 10.2 Å². The number of amides is 2. The van der Waals surface area contributed by atoms with Crippen LogP contribution in [0.4, 0.5) is 5.69 Å². The van der Waals surface area contributed by atoms with E-state index >= 15 is 0 Å². The van der Waals surface area contributed by atoms with E-state index in [0.29, 0.717) is 25.3 Å². The number of hydrogen-bond donors (Lipinski definition) is 1. The minimum absolute atomic E-state index is 0.146. The summed E-state index contributed by atoms with van der Waals surface area (Å²) in [5, 5.41) is 2.77. The van der Waals surface area contributed by atoms with Gasteiger partial charge in [0.25, 0.3) is 0 Å². The van der Waals surface area contributed by atoms with E-state index in [4.69, 9.17) is 4.42 Å². The summed E-state index contributed by atoms with van der Waals surface area (Å²) in [5.74, 6) is -0.353. The Kier molecular flexibility index (Phi) is 4.52. The Hall–Kier alpha value is -2.08. The highest BCUT2D eigenvalue weighted by atomic mass is 79.9. The average molecular weight is 377 g/mol. The molecule has 1 saturated heterocycles. The molecule has 3 rings (SSSR count). The highest BCUT2D eigenvalue weighted by Crippen LogP contribution is 2.29. The summed E-state index contributed by atoms with van der Waals surface area (Å²) in [7, 11) is 0. The van der Waals surface area contributed by atoms with E-state index in [1.54, 1.807) is 23.3 Å². The van der Waals surface area contributed by atoms with Gasteiger partial charge in [-0.2, -0.15) is 0 Å². The second-order valence-electron chi connectivity index (χ2n) is 5.56. The van der Waals surface area contributed by atoms with Crippen LogP contribution >= 0.6 is 15.9 Å². The van der Waals surface area contributed by atoms with Crippen molar-refractivity contribution in [3.8, 4) is 0 Å². The third-order valence-electron chi connectivity index (χ3n) is 3.99. The lowest BCUT2D eigenvalue weighted by molar-refractivity contribution is -0.132. The van der Waals surface area contributed by atoms with Crippen LogP contribution in [0.25, 0.3) is 0 Å². The van der Waals surface area contributed by atoms with Gasteiger partial charge in [0.15, 0.2) is 0 Å². The van der Waals surface area contributed by atoms with Gasteiger partial charge in [0.05, 0.1) is 12.8 Å². The molecule has 1 N–H and O–H groups in total. The van der Waals surface area contributed by atoms with Gasteiger partial charge in [-0.05, 0) is 49.2 Å². The molecule has 1 aliphatic rings. The first-order valence-corrected chi connectivity index (χ1v) is 8.23. The molecule has 5 nitrogen and oxygen atoms in total. The third kappa shape index (κ3) is 3.32. The second kappa shape index (κ2) is 6.58. The fourth-order valence-electron chi connectivity index (χ4n) is 2.79. The molecule has 1 atom stereocenters. The molecule has 0 saturated carbocycles. The van der Waals surface area contributed by atoms with Gasteiger partial charge in [0.1, 0.15) is 11.7 Å². The van der Waals surface area contributed by atoms with Crippen molar-refractivity contribution in [2.45, 2.75) is 19.9 Å². The van der Waals surface area contributed by atoms with E-state index in [9.17, 15) is 9.59 Å². The molecule has 1 aromatic carbocycles. The number of benzene rings is 1. The van der Waals surface area contributed by atoms with Crippen molar-refractivity contribution in [3.05, 3.63) is 52.4 Å². The number of nitrogens with zero attached hydrogens (tertiary/aromatic N) is 1. The van der Waals surface area contributed by atoms with Crippen molar-refractivity contribution < 1.29 is 14.0 Å². The minimum Gasteiger partial charge on any atom is -0.467 e. The van der Waals surface area contributed by atoms with Crippen molar-refractivity contribution in [3.63, 3.8) is 0 Å². The molecule has 1 fully saturated rings. The van der Waals surface area contributed by atoms with Crippen LogP contribution in [0.15, 0.2) is 45.5 Å². The Labute approximate surface area is 142 Å². The summed E-state index contributed by atoms with van der Waals surface area (Å²) < 4.78 is 6.15. The monoisotopic (exact) mass is 376 g/mol. The Bertz CT molecular complexity index is 727. The molecule has 2 aromatic rings. The highest BCUT2D eigenvalue weighted by molar-refractivity contribution is 9.10. The largest absolute Gasteiger partial charge is 0.467 e. The number of carbonyl (C=O) groups excluding carboxylic acids is 2. The van der Waals surface area contributed by atoms with Gasteiger partial charge in [0.2, 0.25) is 11.8 Å². The molecule has 2 amide bonds. The smallest absolute Gasteiger partial charge is 0.239 e. The molecule has 6 heteroatoms. The maximum Gasteiger partial charge on any atom is 0.239 e. The van der Waals surface area contributed by atoms with Crippen molar-refractivity contribution in [1.29, 1.82) is 0 Å². The van der Waals surface area contributed by atoms with Crippen molar-refractivity contribution in [1.82, 2.24) is 5.32 Å². The Morgan fingerprint density at radius 2 is 2.26 bits per heavy atom. The molecule has 1 aliphatic heterocycles. The van der Waals surface area contributed by atoms with Crippen LogP contribution in [0.3, 0.4) is 0 Å². The molecule has 0 radical (unpaired) electrons. The van der Waals surface area contributed by atoms with Crippen LogP contribution in [-0.2, 0) is 16.1 Å². The van der Waals surface area contributed by atoms with E-state index in [-0.39, 0.29) is 11.8 Å². The number of nitrogens with one attached hydrogen (secondary N) is 1. The van der Waals surface area contributed by atoms with E-state index in [0.717, 1.165) is 15.7 Å². The summed E-state index contributed by atoms with van der Waals surface area (Å²) in [4.78, 5) is 26.5. The molecule has 2 heterocycles. The predicted octanol–water partition coefficient (Wildman–Crippen LogP) is 3.02. The predicted molar refractivity (Wildman–Crippen MR) is 89.9 cm³/mol. The first-order valence-electron chi connectivity index (χ1n) is 7.44. The third-order valence-corrected chi connectivity index (χ3v) is 4.48. The van der Waals surface area contributed by atoms with E-state index in [1.165, 1.54) is 0 Å². The molecular formula is C17H17BrN2O3.